The van der Waals surface area contributed by atoms with Crippen molar-refractivity contribution in [2.45, 2.75) is 63.8 Å². The number of esters is 1. The Kier molecular flexibility index (Phi) is 7.25. The Morgan fingerprint density at radius 1 is 1.35 bits per heavy atom. The third-order valence-electron chi connectivity index (χ3n) is 5.41. The van der Waals surface area contributed by atoms with E-state index < -0.39 is 48.6 Å². The second-order valence-corrected chi connectivity index (χ2v) is 8.55. The number of nitrogens with two attached hydrogens (primary N) is 1. The topological polar surface area (TPSA) is 194 Å². The van der Waals surface area contributed by atoms with Crippen molar-refractivity contribution in [3.63, 3.8) is 0 Å². The maximum Gasteiger partial charge on any atom is 0.407 e. The smallest absolute Gasteiger partial charge is 0.407 e. The van der Waals surface area contributed by atoms with Crippen molar-refractivity contribution in [3.05, 3.63) is 24.2 Å². The molecule has 0 aliphatic carbocycles. The molecule has 0 radical (unpaired) electrons. The standard InChI is InChI=1S/C21H28N6O7/c1-10(2)15(19(30)33-11(3)4)26-20(31)32-7-13-16(28)17(29)21(8-22,34-13)14-6-5-12-18(23)24-9-25-27(12)14/h5-6,9-11,13,15-17,28-29H,7H2,1-4H3,(H,26,31)(H2,23,24,25)/t13-,15+,16-,17-,21+/m1/s1. The molecule has 0 bridgehead atoms. The van der Waals surface area contributed by atoms with Crippen LogP contribution in [0.2, 0.25) is 0 Å². The van der Waals surface area contributed by atoms with Crippen molar-refractivity contribution in [3.8, 4) is 6.07 Å². The van der Waals surface area contributed by atoms with Crippen LogP contribution in [0.25, 0.3) is 5.52 Å². The molecule has 13 nitrogen and oxygen atoms in total. The summed E-state index contributed by atoms with van der Waals surface area (Å²) in [7, 11) is 0. The first kappa shape index (κ1) is 25.2. The first-order valence-corrected chi connectivity index (χ1v) is 10.7. The molecule has 184 valence electrons. The van der Waals surface area contributed by atoms with Crippen LogP contribution < -0.4 is 11.1 Å². The van der Waals surface area contributed by atoms with E-state index in [1.807, 2.05) is 6.07 Å². The van der Waals surface area contributed by atoms with Crippen LogP contribution in [0.5, 0.6) is 0 Å². The van der Waals surface area contributed by atoms with Crippen molar-refractivity contribution in [1.82, 2.24) is 19.9 Å². The van der Waals surface area contributed by atoms with Crippen molar-refractivity contribution >= 4 is 23.4 Å². The van der Waals surface area contributed by atoms with E-state index in [0.29, 0.717) is 5.52 Å². The molecule has 1 fully saturated rings. The van der Waals surface area contributed by atoms with Crippen LogP contribution in [-0.4, -0.2) is 73.9 Å². The second kappa shape index (κ2) is 9.80. The van der Waals surface area contributed by atoms with Crippen LogP contribution in [0.3, 0.4) is 0 Å². The SMILES string of the molecule is CC(C)OC(=O)[C@@H](NC(=O)OC[C@H]1O[C@@](C#N)(c2ccc3c(N)ncnn23)[C@H](O)[C@@H]1O)C(C)C. The number of rotatable bonds is 7. The third kappa shape index (κ3) is 4.60. The Bertz CT molecular complexity index is 1100. The Balaban J connectivity index is 1.73. The summed E-state index contributed by atoms with van der Waals surface area (Å²) < 4.78 is 17.3. The quantitative estimate of drug-likeness (QED) is 0.388. The highest BCUT2D eigenvalue weighted by molar-refractivity contribution is 5.81. The molecule has 1 amide bonds. The predicted molar refractivity (Wildman–Crippen MR) is 116 cm³/mol. The number of aliphatic hydroxyl groups excluding tert-OH is 2. The number of nitrogen functional groups attached to an aromatic ring is 1. The molecule has 3 rings (SSSR count). The highest BCUT2D eigenvalue weighted by Crippen LogP contribution is 2.40. The molecule has 3 heterocycles. The molecule has 34 heavy (non-hydrogen) atoms. The monoisotopic (exact) mass is 476 g/mol. The zero-order valence-electron chi connectivity index (χ0n) is 19.2. The molecular formula is C21H28N6O7. The number of anilines is 1. The highest BCUT2D eigenvalue weighted by Gasteiger charge is 2.57. The van der Waals surface area contributed by atoms with Crippen LogP contribution in [0, 0.1) is 17.2 Å². The fourth-order valence-corrected chi connectivity index (χ4v) is 3.68. The summed E-state index contributed by atoms with van der Waals surface area (Å²) in [4.78, 5) is 28.4. The van der Waals surface area contributed by atoms with E-state index >= 15 is 0 Å². The zero-order chi connectivity index (χ0) is 25.2. The zero-order valence-corrected chi connectivity index (χ0v) is 19.2. The fraction of sp³-hybridized carbons (Fsp3) is 0.571. The highest BCUT2D eigenvalue weighted by atomic mass is 16.6. The van der Waals surface area contributed by atoms with Crippen LogP contribution in [0.15, 0.2) is 18.5 Å². The van der Waals surface area contributed by atoms with Gasteiger partial charge in [0.25, 0.3) is 0 Å². The van der Waals surface area contributed by atoms with E-state index in [1.165, 1.54) is 16.9 Å². The van der Waals surface area contributed by atoms with Crippen LogP contribution in [0.1, 0.15) is 33.4 Å². The molecule has 5 atom stereocenters. The third-order valence-corrected chi connectivity index (χ3v) is 5.41. The normalized spacial score (nSPS) is 25.3. The molecule has 2 aromatic rings. The molecule has 0 aromatic carbocycles. The average Bonchev–Trinajstić information content (AvgIpc) is 3.31. The lowest BCUT2D eigenvalue weighted by molar-refractivity contribution is -0.151. The summed E-state index contributed by atoms with van der Waals surface area (Å²) in [5.74, 6) is -0.744. The van der Waals surface area contributed by atoms with Gasteiger partial charge in [-0.3, -0.25) is 0 Å². The largest absolute Gasteiger partial charge is 0.461 e. The van der Waals surface area contributed by atoms with E-state index in [-0.39, 0.29) is 23.5 Å². The van der Waals surface area contributed by atoms with E-state index in [9.17, 15) is 25.1 Å². The van der Waals surface area contributed by atoms with Gasteiger partial charge in [0.1, 0.15) is 48.9 Å². The minimum Gasteiger partial charge on any atom is -0.461 e. The number of nitrogens with zero attached hydrogens (tertiary/aromatic N) is 4. The van der Waals surface area contributed by atoms with Crippen molar-refractivity contribution in [2.75, 3.05) is 12.3 Å². The molecular weight excluding hydrogens is 448 g/mol. The molecule has 0 spiro atoms. The molecule has 5 N–H and O–H groups in total. The van der Waals surface area contributed by atoms with Crippen LogP contribution >= 0.6 is 0 Å². The minimum atomic E-state index is -2.02. The van der Waals surface area contributed by atoms with Gasteiger partial charge in [0.15, 0.2) is 5.82 Å². The Labute approximate surface area is 195 Å². The number of carbonyl (C=O) groups is 2. The number of alkyl carbamates (subject to hydrolysis) is 1. The summed E-state index contributed by atoms with van der Waals surface area (Å²) in [5, 5.41) is 37.6. The van der Waals surface area contributed by atoms with Gasteiger partial charge in [-0.15, -0.1) is 0 Å². The van der Waals surface area contributed by atoms with Crippen LogP contribution in [-0.2, 0) is 24.6 Å². The number of amides is 1. The lowest BCUT2D eigenvalue weighted by atomic mass is 9.92. The van der Waals surface area contributed by atoms with Crippen LogP contribution in [0.4, 0.5) is 10.6 Å². The van der Waals surface area contributed by atoms with Gasteiger partial charge in [0.2, 0.25) is 5.60 Å². The van der Waals surface area contributed by atoms with Gasteiger partial charge in [-0.2, -0.15) is 10.4 Å². The number of ether oxygens (including phenoxy) is 3. The Morgan fingerprint density at radius 3 is 2.68 bits per heavy atom. The number of hydrogen-bond donors (Lipinski definition) is 4. The maximum atomic E-state index is 12.3. The molecule has 0 saturated carbocycles. The number of aliphatic hydroxyl groups is 2. The molecule has 1 saturated heterocycles. The number of aromatic nitrogens is 3. The number of nitriles is 1. The second-order valence-electron chi connectivity index (χ2n) is 8.55. The van der Waals surface area contributed by atoms with Crippen molar-refractivity contribution in [2.24, 2.45) is 5.92 Å². The maximum absolute atomic E-state index is 12.3. The van der Waals surface area contributed by atoms with Gasteiger partial charge >= 0.3 is 12.1 Å². The molecule has 0 unspecified atom stereocenters. The summed E-state index contributed by atoms with van der Waals surface area (Å²) in [6, 6.07) is 3.97. The summed E-state index contributed by atoms with van der Waals surface area (Å²) in [5.41, 5.74) is 4.31. The van der Waals surface area contributed by atoms with Gasteiger partial charge in [-0.25, -0.2) is 19.1 Å². The Hall–Kier alpha value is -3.47. The summed E-state index contributed by atoms with van der Waals surface area (Å²) in [6.45, 7) is 6.33. The first-order chi connectivity index (χ1) is 16.0. The number of hydrogen-bond acceptors (Lipinski definition) is 11. The molecule has 1 aliphatic heterocycles. The molecule has 13 heteroatoms. The van der Waals surface area contributed by atoms with Gasteiger partial charge in [-0.1, -0.05) is 13.8 Å². The molecule has 1 aliphatic rings. The van der Waals surface area contributed by atoms with Crippen molar-refractivity contribution in [1.29, 1.82) is 5.26 Å². The van der Waals surface area contributed by atoms with E-state index in [1.54, 1.807) is 33.8 Å². The summed E-state index contributed by atoms with van der Waals surface area (Å²) >= 11 is 0. The van der Waals surface area contributed by atoms with Gasteiger partial charge in [0, 0.05) is 0 Å². The Morgan fingerprint density at radius 2 is 2.06 bits per heavy atom. The number of carbonyl (C=O) groups excluding carboxylic acids is 2. The first-order valence-electron chi connectivity index (χ1n) is 10.7. The number of nitrogens with one attached hydrogen (secondary N) is 1. The average molecular weight is 476 g/mol. The molecule has 2 aromatic heterocycles. The lowest BCUT2D eigenvalue weighted by Crippen LogP contribution is -2.47. The lowest BCUT2D eigenvalue weighted by Gasteiger charge is -2.24. The fourth-order valence-electron chi connectivity index (χ4n) is 3.68. The van der Waals surface area contributed by atoms with E-state index in [0.717, 1.165) is 0 Å². The number of fused-ring (bicyclic) bond motifs is 1. The van der Waals surface area contributed by atoms with Crippen molar-refractivity contribution < 1.29 is 34.0 Å². The van der Waals surface area contributed by atoms with Gasteiger partial charge in [-0.05, 0) is 31.9 Å². The summed E-state index contributed by atoms with van der Waals surface area (Å²) in [6.07, 6.45) is -4.63. The van der Waals surface area contributed by atoms with Gasteiger partial charge < -0.3 is 35.5 Å². The van der Waals surface area contributed by atoms with Gasteiger partial charge in [0.05, 0.1) is 11.8 Å². The van der Waals surface area contributed by atoms with E-state index in [2.05, 4.69) is 15.4 Å². The minimum absolute atomic E-state index is 0.119. The predicted octanol–water partition coefficient (Wildman–Crippen LogP) is -0.147. The van der Waals surface area contributed by atoms with E-state index in [4.69, 9.17) is 19.9 Å².